The zero-order valence-electron chi connectivity index (χ0n) is 10.0. The van der Waals surface area contributed by atoms with Gasteiger partial charge in [-0.1, -0.05) is 20.8 Å². The van der Waals surface area contributed by atoms with Gasteiger partial charge < -0.3 is 5.11 Å². The van der Waals surface area contributed by atoms with Crippen molar-refractivity contribution in [3.63, 3.8) is 0 Å². The fourth-order valence-corrected chi connectivity index (χ4v) is 2.21. The van der Waals surface area contributed by atoms with Crippen LogP contribution < -0.4 is 0 Å². The highest BCUT2D eigenvalue weighted by Gasteiger charge is 2.20. The van der Waals surface area contributed by atoms with E-state index in [-0.39, 0.29) is 5.41 Å². The van der Waals surface area contributed by atoms with Gasteiger partial charge in [-0.15, -0.1) is 0 Å². The first-order valence-electron chi connectivity index (χ1n) is 5.05. The van der Waals surface area contributed by atoms with Crippen molar-refractivity contribution in [2.24, 2.45) is 0 Å². The van der Waals surface area contributed by atoms with Gasteiger partial charge in [0.05, 0.1) is 0 Å². The molecular formula is C13H20O. The Morgan fingerprint density at radius 3 is 1.93 bits per heavy atom. The van der Waals surface area contributed by atoms with Gasteiger partial charge in [-0.3, -0.25) is 0 Å². The highest BCUT2D eigenvalue weighted by atomic mass is 16.3. The van der Waals surface area contributed by atoms with E-state index in [9.17, 15) is 5.11 Å². The van der Waals surface area contributed by atoms with Crippen molar-refractivity contribution in [2.45, 2.75) is 47.0 Å². The lowest BCUT2D eigenvalue weighted by atomic mass is 9.80. The molecule has 0 spiro atoms. The molecule has 0 saturated heterocycles. The molecule has 0 atom stereocenters. The second kappa shape index (κ2) is 3.30. The van der Waals surface area contributed by atoms with Gasteiger partial charge in [0.1, 0.15) is 5.75 Å². The lowest BCUT2D eigenvalue weighted by Gasteiger charge is -2.25. The van der Waals surface area contributed by atoms with Gasteiger partial charge in [-0.2, -0.15) is 0 Å². The van der Waals surface area contributed by atoms with E-state index < -0.39 is 0 Å². The molecule has 0 heterocycles. The summed E-state index contributed by atoms with van der Waals surface area (Å²) in [6, 6.07) is 1.86. The number of phenolic OH excluding ortho intramolecular Hbond substituents is 1. The minimum absolute atomic E-state index is 0.145. The zero-order valence-corrected chi connectivity index (χ0v) is 10.0. The van der Waals surface area contributed by atoms with Crippen LogP contribution in [0.4, 0.5) is 0 Å². The van der Waals surface area contributed by atoms with E-state index in [1.165, 1.54) is 16.7 Å². The van der Waals surface area contributed by atoms with Crippen molar-refractivity contribution in [1.29, 1.82) is 0 Å². The van der Waals surface area contributed by atoms with Crippen molar-refractivity contribution in [2.75, 3.05) is 0 Å². The Balaban J connectivity index is 3.53. The molecule has 0 aromatic heterocycles. The van der Waals surface area contributed by atoms with Crippen molar-refractivity contribution in [3.8, 4) is 5.75 Å². The Bertz CT molecular complexity index is 356. The highest BCUT2D eigenvalue weighted by Crippen LogP contribution is 2.34. The fourth-order valence-electron chi connectivity index (χ4n) is 2.21. The van der Waals surface area contributed by atoms with Gasteiger partial charge in [0, 0.05) is 0 Å². The quantitative estimate of drug-likeness (QED) is 0.665. The first-order valence-corrected chi connectivity index (χ1v) is 5.05. The second-order valence-electron chi connectivity index (χ2n) is 5.09. The third-order valence-electron chi connectivity index (χ3n) is 2.82. The van der Waals surface area contributed by atoms with Crippen LogP contribution in [0.2, 0.25) is 0 Å². The average Bonchev–Trinajstić information content (AvgIpc) is 1.97. The molecule has 1 heteroatoms. The van der Waals surface area contributed by atoms with Gasteiger partial charge >= 0.3 is 0 Å². The number of benzene rings is 1. The molecule has 0 radical (unpaired) electrons. The van der Waals surface area contributed by atoms with E-state index >= 15 is 0 Å². The third kappa shape index (κ3) is 1.77. The molecule has 0 aliphatic rings. The molecule has 1 aromatic rings. The summed E-state index contributed by atoms with van der Waals surface area (Å²) in [5, 5.41) is 9.67. The Labute approximate surface area is 86.8 Å². The Kier molecular flexibility index (Phi) is 2.62. The van der Waals surface area contributed by atoms with E-state index in [4.69, 9.17) is 0 Å². The Morgan fingerprint density at radius 1 is 1.00 bits per heavy atom. The van der Waals surface area contributed by atoms with Crippen LogP contribution in [0.5, 0.6) is 5.75 Å². The molecule has 0 bridgehead atoms. The zero-order chi connectivity index (χ0) is 11.1. The van der Waals surface area contributed by atoms with Crippen LogP contribution >= 0.6 is 0 Å². The van der Waals surface area contributed by atoms with Gasteiger partial charge in [-0.25, -0.2) is 0 Å². The van der Waals surface area contributed by atoms with Crippen LogP contribution in [0.1, 0.15) is 43.0 Å². The maximum atomic E-state index is 9.67. The normalized spacial score (nSPS) is 11.9. The Hall–Kier alpha value is -0.980. The molecule has 0 amide bonds. The lowest BCUT2D eigenvalue weighted by molar-refractivity contribution is 0.468. The molecule has 1 rings (SSSR count). The minimum Gasteiger partial charge on any atom is -0.508 e. The molecule has 0 unspecified atom stereocenters. The highest BCUT2D eigenvalue weighted by molar-refractivity contribution is 5.49. The van der Waals surface area contributed by atoms with Crippen molar-refractivity contribution in [1.82, 2.24) is 0 Å². The van der Waals surface area contributed by atoms with E-state index in [1.54, 1.807) is 0 Å². The summed E-state index contributed by atoms with van der Waals surface area (Å²) in [6.45, 7) is 12.7. The number of rotatable bonds is 0. The van der Waals surface area contributed by atoms with Crippen LogP contribution in [-0.2, 0) is 5.41 Å². The number of aryl methyl sites for hydroxylation is 1. The summed E-state index contributed by atoms with van der Waals surface area (Å²) >= 11 is 0. The molecule has 1 nitrogen and oxygen atoms in total. The smallest absolute Gasteiger partial charge is 0.119 e. The van der Waals surface area contributed by atoms with Crippen LogP contribution in [0.3, 0.4) is 0 Å². The van der Waals surface area contributed by atoms with Gasteiger partial charge in [-0.05, 0) is 54.5 Å². The predicted octanol–water partition coefficient (Wildman–Crippen LogP) is 3.61. The molecule has 0 fully saturated rings. The maximum Gasteiger partial charge on any atom is 0.119 e. The summed E-state index contributed by atoms with van der Waals surface area (Å²) in [5.41, 5.74) is 4.90. The van der Waals surface area contributed by atoms with Crippen LogP contribution in [0, 0.1) is 20.8 Å². The van der Waals surface area contributed by atoms with E-state index in [1.807, 2.05) is 13.0 Å². The fraction of sp³-hybridized carbons (Fsp3) is 0.538. The number of hydrogen-bond donors (Lipinski definition) is 1. The van der Waals surface area contributed by atoms with Crippen molar-refractivity contribution in [3.05, 3.63) is 28.3 Å². The van der Waals surface area contributed by atoms with Gasteiger partial charge in [0.25, 0.3) is 0 Å². The topological polar surface area (TPSA) is 20.2 Å². The van der Waals surface area contributed by atoms with Crippen LogP contribution in [0.25, 0.3) is 0 Å². The van der Waals surface area contributed by atoms with E-state index in [0.29, 0.717) is 5.75 Å². The third-order valence-corrected chi connectivity index (χ3v) is 2.82. The SMILES string of the molecule is Cc1cc(O)c(C)c(C)c1C(C)(C)C. The maximum absolute atomic E-state index is 9.67. The lowest BCUT2D eigenvalue weighted by Crippen LogP contribution is -2.15. The van der Waals surface area contributed by atoms with Crippen LogP contribution in [0.15, 0.2) is 6.07 Å². The molecule has 0 aliphatic carbocycles. The first kappa shape index (κ1) is 11.1. The largest absolute Gasteiger partial charge is 0.508 e. The van der Waals surface area contributed by atoms with E-state index in [0.717, 1.165) is 5.56 Å². The Morgan fingerprint density at radius 2 is 1.50 bits per heavy atom. The molecular weight excluding hydrogens is 172 g/mol. The number of aromatic hydroxyl groups is 1. The van der Waals surface area contributed by atoms with Gasteiger partial charge in [0.2, 0.25) is 0 Å². The molecule has 0 aliphatic heterocycles. The summed E-state index contributed by atoms with van der Waals surface area (Å²) < 4.78 is 0. The average molecular weight is 192 g/mol. The van der Waals surface area contributed by atoms with Gasteiger partial charge in [0.15, 0.2) is 0 Å². The number of hydrogen-bond acceptors (Lipinski definition) is 1. The second-order valence-corrected chi connectivity index (χ2v) is 5.09. The van der Waals surface area contributed by atoms with Crippen molar-refractivity contribution < 1.29 is 5.11 Å². The number of phenols is 1. The summed E-state index contributed by atoms with van der Waals surface area (Å²) in [7, 11) is 0. The predicted molar refractivity (Wildman–Crippen MR) is 61.0 cm³/mol. The summed E-state index contributed by atoms with van der Waals surface area (Å²) in [4.78, 5) is 0. The van der Waals surface area contributed by atoms with Crippen molar-refractivity contribution >= 4 is 0 Å². The summed E-state index contributed by atoms with van der Waals surface area (Å²) in [6.07, 6.45) is 0. The minimum atomic E-state index is 0.145. The van der Waals surface area contributed by atoms with E-state index in [2.05, 4.69) is 34.6 Å². The molecule has 78 valence electrons. The molecule has 1 aromatic carbocycles. The molecule has 1 N–H and O–H groups in total. The van der Waals surface area contributed by atoms with Crippen LogP contribution in [-0.4, -0.2) is 5.11 Å². The monoisotopic (exact) mass is 192 g/mol. The molecule has 0 saturated carbocycles. The summed E-state index contributed by atoms with van der Waals surface area (Å²) in [5.74, 6) is 0.410. The standard InChI is InChI=1S/C13H20O/c1-8-7-11(14)9(2)10(3)12(8)13(4,5)6/h7,14H,1-6H3. The molecule has 14 heavy (non-hydrogen) atoms. The first-order chi connectivity index (χ1) is 6.25.